The van der Waals surface area contributed by atoms with E-state index in [4.69, 9.17) is 9.47 Å². The third-order valence-corrected chi connectivity index (χ3v) is 3.72. The molecule has 0 bridgehead atoms. The van der Waals surface area contributed by atoms with Crippen LogP contribution in [0, 0.1) is 0 Å². The van der Waals surface area contributed by atoms with Gasteiger partial charge in [-0.1, -0.05) is 51.1 Å². The lowest BCUT2D eigenvalue weighted by molar-refractivity contribution is -0.123. The molecule has 0 aliphatic rings. The molecule has 0 fully saturated rings. The van der Waals surface area contributed by atoms with Crippen molar-refractivity contribution in [1.82, 2.24) is 10.9 Å². The van der Waals surface area contributed by atoms with Gasteiger partial charge in [0.25, 0.3) is 11.8 Å². The predicted octanol–water partition coefficient (Wildman–Crippen LogP) is 2.83. The molecule has 0 aliphatic carbocycles. The topological polar surface area (TPSA) is 76.7 Å². The van der Waals surface area contributed by atoms with Gasteiger partial charge in [-0.2, -0.15) is 0 Å². The van der Waals surface area contributed by atoms with Crippen molar-refractivity contribution in [3.8, 4) is 11.5 Å². The summed E-state index contributed by atoms with van der Waals surface area (Å²) in [5.41, 5.74) is 5.93. The summed E-state index contributed by atoms with van der Waals surface area (Å²) in [6.45, 7) is 6.01. The van der Waals surface area contributed by atoms with Crippen molar-refractivity contribution in [2.75, 3.05) is 13.7 Å². The molecular weight excluding hydrogens is 332 g/mol. The molecule has 26 heavy (non-hydrogen) atoms. The van der Waals surface area contributed by atoms with Crippen molar-refractivity contribution in [2.45, 2.75) is 26.2 Å². The van der Waals surface area contributed by atoms with Crippen LogP contribution < -0.4 is 20.3 Å². The van der Waals surface area contributed by atoms with Gasteiger partial charge in [-0.05, 0) is 29.2 Å². The predicted molar refractivity (Wildman–Crippen MR) is 99.2 cm³/mol. The van der Waals surface area contributed by atoms with Crippen LogP contribution in [-0.4, -0.2) is 25.5 Å². The lowest BCUT2D eigenvalue weighted by Crippen LogP contribution is -2.44. The SMILES string of the molecule is COc1ccccc1C(=O)NNC(=O)COc1ccccc1C(C)(C)C. The molecule has 2 aromatic carbocycles. The molecule has 2 aromatic rings. The summed E-state index contributed by atoms with van der Waals surface area (Å²) in [6.07, 6.45) is 0. The number of rotatable bonds is 5. The zero-order valence-corrected chi connectivity index (χ0v) is 15.5. The molecule has 6 heteroatoms. The number of ether oxygens (including phenoxy) is 2. The molecular formula is C20H24N2O4. The van der Waals surface area contributed by atoms with E-state index in [2.05, 4.69) is 31.6 Å². The highest BCUT2D eigenvalue weighted by molar-refractivity contribution is 5.97. The summed E-state index contributed by atoms with van der Waals surface area (Å²) in [4.78, 5) is 24.1. The van der Waals surface area contributed by atoms with Gasteiger partial charge < -0.3 is 9.47 Å². The summed E-state index contributed by atoms with van der Waals surface area (Å²) in [6, 6.07) is 14.3. The maximum atomic E-state index is 12.1. The molecule has 0 heterocycles. The van der Waals surface area contributed by atoms with E-state index in [0.717, 1.165) is 5.56 Å². The van der Waals surface area contributed by atoms with Crippen LogP contribution in [0.3, 0.4) is 0 Å². The van der Waals surface area contributed by atoms with Crippen LogP contribution in [0.5, 0.6) is 11.5 Å². The number of hydrazine groups is 1. The first-order valence-corrected chi connectivity index (χ1v) is 8.27. The number of carbonyl (C=O) groups excluding carboxylic acids is 2. The molecule has 0 unspecified atom stereocenters. The number of carbonyl (C=O) groups is 2. The van der Waals surface area contributed by atoms with E-state index in [1.165, 1.54) is 7.11 Å². The highest BCUT2D eigenvalue weighted by Gasteiger charge is 2.19. The Morgan fingerprint density at radius 3 is 2.19 bits per heavy atom. The Bertz CT molecular complexity index is 781. The van der Waals surface area contributed by atoms with Gasteiger partial charge in [-0.25, -0.2) is 0 Å². The minimum absolute atomic E-state index is 0.106. The van der Waals surface area contributed by atoms with Gasteiger partial charge in [0.15, 0.2) is 6.61 Å². The maximum absolute atomic E-state index is 12.1. The second-order valence-electron chi connectivity index (χ2n) is 6.74. The van der Waals surface area contributed by atoms with Crippen LogP contribution in [0.15, 0.2) is 48.5 Å². The van der Waals surface area contributed by atoms with Gasteiger partial charge in [0, 0.05) is 0 Å². The van der Waals surface area contributed by atoms with E-state index in [1.807, 2.05) is 24.3 Å². The fourth-order valence-electron chi connectivity index (χ4n) is 2.42. The van der Waals surface area contributed by atoms with Gasteiger partial charge in [0.05, 0.1) is 12.7 Å². The van der Waals surface area contributed by atoms with Crippen molar-refractivity contribution in [3.05, 3.63) is 59.7 Å². The lowest BCUT2D eigenvalue weighted by Gasteiger charge is -2.22. The number of hydrogen-bond acceptors (Lipinski definition) is 4. The van der Waals surface area contributed by atoms with Crippen LogP contribution in [0.2, 0.25) is 0 Å². The third-order valence-electron chi connectivity index (χ3n) is 3.72. The smallest absolute Gasteiger partial charge is 0.276 e. The Kier molecular flexibility index (Phi) is 6.22. The number of benzene rings is 2. The Balaban J connectivity index is 1.91. The quantitative estimate of drug-likeness (QED) is 0.808. The molecule has 0 aliphatic heterocycles. The molecule has 2 rings (SSSR count). The van der Waals surface area contributed by atoms with E-state index in [9.17, 15) is 9.59 Å². The van der Waals surface area contributed by atoms with Crippen LogP contribution >= 0.6 is 0 Å². The molecule has 0 radical (unpaired) electrons. The summed E-state index contributed by atoms with van der Waals surface area (Å²) >= 11 is 0. The average Bonchev–Trinajstić information content (AvgIpc) is 2.63. The number of para-hydroxylation sites is 2. The summed E-state index contributed by atoms with van der Waals surface area (Å²) in [7, 11) is 1.48. The number of nitrogens with one attached hydrogen (secondary N) is 2. The van der Waals surface area contributed by atoms with E-state index < -0.39 is 11.8 Å². The van der Waals surface area contributed by atoms with Crippen LogP contribution in [0.4, 0.5) is 0 Å². The van der Waals surface area contributed by atoms with E-state index in [-0.39, 0.29) is 12.0 Å². The first kappa shape index (κ1) is 19.3. The number of amides is 2. The molecule has 6 nitrogen and oxygen atoms in total. The van der Waals surface area contributed by atoms with Gasteiger partial charge in [-0.15, -0.1) is 0 Å². The second-order valence-corrected chi connectivity index (χ2v) is 6.74. The molecule has 0 saturated heterocycles. The lowest BCUT2D eigenvalue weighted by atomic mass is 9.86. The Labute approximate surface area is 153 Å². The van der Waals surface area contributed by atoms with Crippen LogP contribution in [0.25, 0.3) is 0 Å². The summed E-state index contributed by atoms with van der Waals surface area (Å²) in [5.74, 6) is 0.142. The van der Waals surface area contributed by atoms with Gasteiger partial charge in [0.1, 0.15) is 11.5 Å². The minimum atomic E-state index is -0.467. The largest absolute Gasteiger partial charge is 0.496 e. The number of methoxy groups -OCH3 is 1. The zero-order valence-electron chi connectivity index (χ0n) is 15.5. The van der Waals surface area contributed by atoms with Gasteiger partial charge >= 0.3 is 0 Å². The second kappa shape index (κ2) is 8.38. The molecule has 138 valence electrons. The first-order valence-electron chi connectivity index (χ1n) is 8.27. The Hall–Kier alpha value is -3.02. The molecule has 0 spiro atoms. The van der Waals surface area contributed by atoms with Crippen molar-refractivity contribution >= 4 is 11.8 Å². The van der Waals surface area contributed by atoms with Crippen molar-refractivity contribution < 1.29 is 19.1 Å². The fourth-order valence-corrected chi connectivity index (χ4v) is 2.42. The minimum Gasteiger partial charge on any atom is -0.496 e. The molecule has 2 N–H and O–H groups in total. The van der Waals surface area contributed by atoms with E-state index in [0.29, 0.717) is 17.1 Å². The Morgan fingerprint density at radius 2 is 1.54 bits per heavy atom. The standard InChI is InChI=1S/C20H24N2O4/c1-20(2,3)15-10-6-8-12-17(15)26-13-18(23)21-22-19(24)14-9-5-7-11-16(14)25-4/h5-12H,13H2,1-4H3,(H,21,23)(H,22,24). The molecule has 0 saturated carbocycles. The third kappa shape index (κ3) is 4.99. The van der Waals surface area contributed by atoms with Gasteiger partial charge in [-0.3, -0.25) is 20.4 Å². The van der Waals surface area contributed by atoms with Crippen molar-refractivity contribution in [3.63, 3.8) is 0 Å². The first-order chi connectivity index (χ1) is 12.3. The Morgan fingerprint density at radius 1 is 0.923 bits per heavy atom. The van der Waals surface area contributed by atoms with Crippen LogP contribution in [0.1, 0.15) is 36.7 Å². The normalized spacial score (nSPS) is 10.8. The monoisotopic (exact) mass is 356 g/mol. The van der Waals surface area contributed by atoms with E-state index >= 15 is 0 Å². The highest BCUT2D eigenvalue weighted by Crippen LogP contribution is 2.30. The van der Waals surface area contributed by atoms with E-state index in [1.54, 1.807) is 24.3 Å². The van der Waals surface area contributed by atoms with Crippen LogP contribution in [-0.2, 0) is 10.2 Å². The molecule has 0 aromatic heterocycles. The fraction of sp³-hybridized carbons (Fsp3) is 0.300. The highest BCUT2D eigenvalue weighted by atomic mass is 16.5. The summed E-state index contributed by atoms with van der Waals surface area (Å²) < 4.78 is 10.7. The number of hydrogen-bond donors (Lipinski definition) is 2. The van der Waals surface area contributed by atoms with Crippen molar-refractivity contribution in [2.24, 2.45) is 0 Å². The zero-order chi connectivity index (χ0) is 19.2. The summed E-state index contributed by atoms with van der Waals surface area (Å²) in [5, 5.41) is 0. The van der Waals surface area contributed by atoms with Gasteiger partial charge in [0.2, 0.25) is 0 Å². The molecule has 0 atom stereocenters. The van der Waals surface area contributed by atoms with Crippen molar-refractivity contribution in [1.29, 1.82) is 0 Å². The maximum Gasteiger partial charge on any atom is 0.276 e. The average molecular weight is 356 g/mol. The molecule has 2 amide bonds.